The first-order chi connectivity index (χ1) is 9.92. The summed E-state index contributed by atoms with van der Waals surface area (Å²) < 4.78 is 45.8. The van der Waals surface area contributed by atoms with Gasteiger partial charge in [0, 0.05) is 11.6 Å². The van der Waals surface area contributed by atoms with Crippen LogP contribution in [-0.2, 0) is 0 Å². The molecule has 0 saturated carbocycles. The van der Waals surface area contributed by atoms with Crippen molar-refractivity contribution in [2.45, 2.75) is 0 Å². The molecule has 0 aliphatic carbocycles. The molecule has 21 heavy (non-hydrogen) atoms. The molecule has 4 nitrogen and oxygen atoms in total. The Kier molecular flexibility index (Phi) is 4.23. The molecule has 0 heterocycles. The first-order valence-electron chi connectivity index (χ1n) is 5.52. The Morgan fingerprint density at radius 1 is 1.10 bits per heavy atom. The van der Waals surface area contributed by atoms with E-state index < -0.39 is 29.0 Å². The molecule has 0 bridgehead atoms. The third-order valence-corrected chi connectivity index (χ3v) is 2.82. The van der Waals surface area contributed by atoms with Crippen LogP contribution in [0.4, 0.5) is 13.2 Å². The van der Waals surface area contributed by atoms with Gasteiger partial charge in [-0.25, -0.2) is 13.2 Å². The molecule has 2 aromatic rings. The molecule has 3 N–H and O–H groups in total. The molecule has 0 unspecified atom stereocenters. The van der Waals surface area contributed by atoms with Crippen LogP contribution in [0.3, 0.4) is 0 Å². The molecule has 0 fully saturated rings. The van der Waals surface area contributed by atoms with Gasteiger partial charge in [0.15, 0.2) is 23.2 Å². The van der Waals surface area contributed by atoms with E-state index >= 15 is 0 Å². The second kappa shape index (κ2) is 5.92. The lowest BCUT2D eigenvalue weighted by molar-refractivity contribution is 0.318. The number of benzene rings is 2. The molecule has 0 spiro atoms. The Morgan fingerprint density at radius 2 is 1.71 bits per heavy atom. The average molecular weight is 317 g/mol. The van der Waals surface area contributed by atoms with Crippen molar-refractivity contribution in [2.24, 2.45) is 10.9 Å². The molecule has 8 heteroatoms. The predicted octanol–water partition coefficient (Wildman–Crippen LogP) is 3.64. The Hall–Kier alpha value is -2.41. The maximum absolute atomic E-state index is 13.8. The van der Waals surface area contributed by atoms with Crippen LogP contribution in [0.1, 0.15) is 5.56 Å². The van der Waals surface area contributed by atoms with Crippen molar-refractivity contribution in [3.63, 3.8) is 0 Å². The Morgan fingerprint density at radius 3 is 2.24 bits per heavy atom. The van der Waals surface area contributed by atoms with Crippen molar-refractivity contribution < 1.29 is 23.1 Å². The maximum atomic E-state index is 13.8. The van der Waals surface area contributed by atoms with Crippen molar-refractivity contribution >= 4 is 17.4 Å². The molecule has 0 saturated heterocycles. The first-order valence-corrected chi connectivity index (χ1v) is 5.90. The third kappa shape index (κ3) is 3.19. The van der Waals surface area contributed by atoms with Gasteiger partial charge in [-0.15, -0.1) is 0 Å². The van der Waals surface area contributed by atoms with Crippen LogP contribution in [0, 0.1) is 17.5 Å². The van der Waals surface area contributed by atoms with Gasteiger partial charge >= 0.3 is 0 Å². The SMILES string of the molecule is N/C(=N/O)c1cc(F)c(Oc2ccc(Cl)c(F)c2)c(F)c1. The van der Waals surface area contributed by atoms with E-state index in [1.807, 2.05) is 0 Å². The Balaban J connectivity index is 2.38. The fraction of sp³-hybridized carbons (Fsp3) is 0. The zero-order chi connectivity index (χ0) is 15.6. The molecule has 2 aromatic carbocycles. The molecular formula is C13H8ClF3N2O2. The molecule has 2 rings (SSSR count). The van der Waals surface area contributed by atoms with Crippen LogP contribution >= 0.6 is 11.6 Å². The molecule has 0 radical (unpaired) electrons. The number of ether oxygens (including phenoxy) is 1. The van der Waals surface area contributed by atoms with E-state index in [1.165, 1.54) is 12.1 Å². The molecular weight excluding hydrogens is 309 g/mol. The first kappa shape index (κ1) is 15.0. The van der Waals surface area contributed by atoms with Crippen LogP contribution in [0.5, 0.6) is 11.5 Å². The lowest BCUT2D eigenvalue weighted by atomic mass is 10.2. The van der Waals surface area contributed by atoms with Gasteiger partial charge in [0.2, 0.25) is 0 Å². The quantitative estimate of drug-likeness (QED) is 0.393. The van der Waals surface area contributed by atoms with Crippen LogP contribution in [0.15, 0.2) is 35.5 Å². The summed E-state index contributed by atoms with van der Waals surface area (Å²) in [5.74, 6) is -4.31. The van der Waals surface area contributed by atoms with Crippen LogP contribution in [-0.4, -0.2) is 11.0 Å². The maximum Gasteiger partial charge on any atom is 0.198 e. The average Bonchev–Trinajstić information content (AvgIpc) is 2.45. The smallest absolute Gasteiger partial charge is 0.198 e. The van der Waals surface area contributed by atoms with Gasteiger partial charge in [0.25, 0.3) is 0 Å². The topological polar surface area (TPSA) is 67.8 Å². The van der Waals surface area contributed by atoms with Crippen molar-refractivity contribution in [3.05, 3.63) is 58.4 Å². The summed E-state index contributed by atoms with van der Waals surface area (Å²) in [5.41, 5.74) is 5.07. The zero-order valence-corrected chi connectivity index (χ0v) is 11.0. The van der Waals surface area contributed by atoms with E-state index in [0.717, 1.165) is 18.2 Å². The number of amidine groups is 1. The minimum Gasteiger partial charge on any atom is -0.451 e. The largest absolute Gasteiger partial charge is 0.451 e. The fourth-order valence-corrected chi connectivity index (χ4v) is 1.64. The van der Waals surface area contributed by atoms with E-state index in [9.17, 15) is 13.2 Å². The minimum atomic E-state index is -1.09. The number of halogens is 4. The van der Waals surface area contributed by atoms with E-state index in [2.05, 4.69) is 5.16 Å². The van der Waals surface area contributed by atoms with Crippen molar-refractivity contribution in [3.8, 4) is 11.5 Å². The number of rotatable bonds is 3. The van der Waals surface area contributed by atoms with Gasteiger partial charge in [0.1, 0.15) is 11.6 Å². The van der Waals surface area contributed by atoms with E-state index in [1.54, 1.807) is 0 Å². The Labute approximate surface area is 122 Å². The van der Waals surface area contributed by atoms with Crippen molar-refractivity contribution in [1.82, 2.24) is 0 Å². The van der Waals surface area contributed by atoms with Gasteiger partial charge in [0.05, 0.1) is 5.02 Å². The normalized spacial score (nSPS) is 11.5. The van der Waals surface area contributed by atoms with Gasteiger partial charge in [-0.3, -0.25) is 0 Å². The summed E-state index contributed by atoms with van der Waals surface area (Å²) in [4.78, 5) is 0. The molecule has 0 atom stereocenters. The van der Waals surface area contributed by atoms with Gasteiger partial charge < -0.3 is 15.7 Å². The Bertz CT molecular complexity index is 700. The van der Waals surface area contributed by atoms with Crippen molar-refractivity contribution in [2.75, 3.05) is 0 Å². The number of oxime groups is 1. The highest BCUT2D eigenvalue weighted by atomic mass is 35.5. The minimum absolute atomic E-state index is 0.133. The lowest BCUT2D eigenvalue weighted by Crippen LogP contribution is -2.14. The van der Waals surface area contributed by atoms with Crippen LogP contribution in [0.25, 0.3) is 0 Å². The van der Waals surface area contributed by atoms with Gasteiger partial charge in [-0.2, -0.15) is 0 Å². The standard InChI is InChI=1S/C13H8ClF3N2O2/c14-8-2-1-7(5-9(8)15)21-12-10(16)3-6(4-11(12)17)13(18)19-20/h1-5,20H,(H2,18,19). The summed E-state index contributed by atoms with van der Waals surface area (Å²) in [7, 11) is 0. The third-order valence-electron chi connectivity index (χ3n) is 2.51. The number of nitrogens with two attached hydrogens (primary N) is 1. The van der Waals surface area contributed by atoms with Crippen LogP contribution in [0.2, 0.25) is 5.02 Å². The number of nitrogens with zero attached hydrogens (tertiary/aromatic N) is 1. The van der Waals surface area contributed by atoms with Gasteiger partial charge in [-0.1, -0.05) is 16.8 Å². The highest BCUT2D eigenvalue weighted by Gasteiger charge is 2.16. The number of hydrogen-bond donors (Lipinski definition) is 2. The summed E-state index contributed by atoms with van der Waals surface area (Å²) >= 11 is 5.49. The van der Waals surface area contributed by atoms with E-state index in [4.69, 9.17) is 27.3 Å². The van der Waals surface area contributed by atoms with E-state index in [0.29, 0.717) is 0 Å². The van der Waals surface area contributed by atoms with Gasteiger partial charge in [-0.05, 0) is 24.3 Å². The van der Waals surface area contributed by atoms with Crippen molar-refractivity contribution in [1.29, 1.82) is 0 Å². The fourth-order valence-electron chi connectivity index (χ4n) is 1.52. The predicted molar refractivity (Wildman–Crippen MR) is 70.4 cm³/mol. The lowest BCUT2D eigenvalue weighted by Gasteiger charge is -2.10. The highest BCUT2D eigenvalue weighted by Crippen LogP contribution is 2.30. The zero-order valence-electron chi connectivity index (χ0n) is 10.3. The highest BCUT2D eigenvalue weighted by molar-refractivity contribution is 6.30. The molecule has 0 aliphatic heterocycles. The number of hydrogen-bond acceptors (Lipinski definition) is 3. The van der Waals surface area contributed by atoms with E-state index in [-0.39, 0.29) is 16.3 Å². The van der Waals surface area contributed by atoms with Crippen LogP contribution < -0.4 is 10.5 Å². The summed E-state index contributed by atoms with van der Waals surface area (Å²) in [6.45, 7) is 0. The summed E-state index contributed by atoms with van der Waals surface area (Å²) in [6.07, 6.45) is 0. The molecule has 0 aliphatic rings. The summed E-state index contributed by atoms with van der Waals surface area (Å²) in [5, 5.41) is 10.9. The molecule has 110 valence electrons. The second-order valence-electron chi connectivity index (χ2n) is 3.93. The monoisotopic (exact) mass is 316 g/mol. The summed E-state index contributed by atoms with van der Waals surface area (Å²) in [6, 6.07) is 4.96. The molecule has 0 amide bonds. The molecule has 0 aromatic heterocycles. The second-order valence-corrected chi connectivity index (χ2v) is 4.34.